The second-order valence-electron chi connectivity index (χ2n) is 7.72. The number of aryl methyl sites for hydroxylation is 1. The minimum absolute atomic E-state index is 0. The quantitative estimate of drug-likeness (QED) is 0.174. The van der Waals surface area contributed by atoms with Crippen molar-refractivity contribution >= 4 is 0 Å². The smallest absolute Gasteiger partial charge is 0.381 e. The van der Waals surface area contributed by atoms with Crippen LogP contribution < -0.4 is 0 Å². The molecule has 6 heterocycles. The molecule has 0 bridgehead atoms. The summed E-state index contributed by atoms with van der Waals surface area (Å²) in [6.45, 7) is 2.04. The van der Waals surface area contributed by atoms with Crippen molar-refractivity contribution in [2.45, 2.75) is 6.92 Å². The van der Waals surface area contributed by atoms with Gasteiger partial charge in [0.15, 0.2) is 0 Å². The Labute approximate surface area is 235 Å². The minimum atomic E-state index is 0. The van der Waals surface area contributed by atoms with Crippen LogP contribution in [0.2, 0.25) is 0 Å². The molecule has 6 nitrogen and oxygen atoms in total. The molecule has 0 amide bonds. The Morgan fingerprint density at radius 2 is 0.868 bits per heavy atom. The number of aromatic nitrogens is 6. The average molecular weight is 583 g/mol. The molecular weight excluding hydrogens is 557 g/mol. The number of nitrogens with zero attached hydrogens (tertiary/aromatic N) is 6. The summed E-state index contributed by atoms with van der Waals surface area (Å²) in [5.74, 6) is 0. The van der Waals surface area contributed by atoms with E-state index in [1.807, 2.05) is 97.9 Å². The molecule has 6 rings (SSSR count). The first-order valence-electron chi connectivity index (χ1n) is 11.7. The standard InChI is InChI=1S/C11H9N2.2C10H8N2.Ru/c1-9-5-7-13-11(8-9)10-4-2-3-6-12-10;2*1-3-7-11-9(5-1)10-6-2-4-8-12-10;/h3-8H,1H3;2*1-8H;/q-1;;;+1. The summed E-state index contributed by atoms with van der Waals surface area (Å²) in [6.07, 6.45) is 10.6. The van der Waals surface area contributed by atoms with Crippen LogP contribution in [0.4, 0.5) is 0 Å². The summed E-state index contributed by atoms with van der Waals surface area (Å²) in [5, 5.41) is 0. The SMILES string of the molecule is Cc1ccnc(-c2c[c-]ccn2)c1.[Ru+].c1ccc(-c2ccccn2)nc1.c1ccc(-c2ccccn2)nc1. The maximum atomic E-state index is 4.23. The number of hydrogen-bond donors (Lipinski definition) is 0. The monoisotopic (exact) mass is 583 g/mol. The van der Waals surface area contributed by atoms with Crippen LogP contribution in [0, 0.1) is 13.0 Å². The van der Waals surface area contributed by atoms with E-state index >= 15 is 0 Å². The molecule has 0 fully saturated rings. The molecule has 6 aromatic rings. The van der Waals surface area contributed by atoms with E-state index in [1.165, 1.54) is 5.56 Å². The van der Waals surface area contributed by atoms with E-state index in [1.54, 1.807) is 43.2 Å². The van der Waals surface area contributed by atoms with Gasteiger partial charge < -0.3 is 4.98 Å². The van der Waals surface area contributed by atoms with Crippen molar-refractivity contribution in [1.29, 1.82) is 0 Å². The summed E-state index contributed by atoms with van der Waals surface area (Å²) >= 11 is 0. The predicted molar refractivity (Wildman–Crippen MR) is 146 cm³/mol. The molecule has 0 aliphatic rings. The van der Waals surface area contributed by atoms with Gasteiger partial charge in [-0.2, -0.15) is 18.2 Å². The number of rotatable bonds is 3. The van der Waals surface area contributed by atoms with Gasteiger partial charge in [-0.05, 0) is 78.8 Å². The average Bonchev–Trinajstić information content (AvgIpc) is 3.00. The minimum Gasteiger partial charge on any atom is -0.381 e. The van der Waals surface area contributed by atoms with Crippen molar-refractivity contribution in [2.24, 2.45) is 0 Å². The van der Waals surface area contributed by atoms with E-state index in [0.717, 1.165) is 34.2 Å². The number of hydrogen-bond acceptors (Lipinski definition) is 6. The first-order chi connectivity index (χ1) is 18.3. The van der Waals surface area contributed by atoms with Gasteiger partial charge in [-0.3, -0.25) is 24.9 Å². The molecule has 6 aromatic heterocycles. The maximum Gasteiger partial charge on any atom is 1.00 e. The zero-order valence-electron chi connectivity index (χ0n) is 20.7. The molecule has 0 saturated heterocycles. The molecule has 0 aliphatic carbocycles. The Bertz CT molecular complexity index is 1300. The van der Waals surface area contributed by atoms with E-state index in [9.17, 15) is 0 Å². The van der Waals surface area contributed by atoms with Gasteiger partial charge in [-0.1, -0.05) is 30.5 Å². The van der Waals surface area contributed by atoms with E-state index in [4.69, 9.17) is 0 Å². The van der Waals surface area contributed by atoms with Gasteiger partial charge in [-0.15, -0.1) is 0 Å². The predicted octanol–water partition coefficient (Wildman–Crippen LogP) is 6.54. The molecule has 0 unspecified atom stereocenters. The fraction of sp³-hybridized carbons (Fsp3) is 0.0323. The summed E-state index contributed by atoms with van der Waals surface area (Å²) in [4.78, 5) is 25.2. The van der Waals surface area contributed by atoms with Crippen molar-refractivity contribution in [3.05, 3.63) is 146 Å². The van der Waals surface area contributed by atoms with Gasteiger partial charge >= 0.3 is 19.5 Å². The molecule has 0 spiro atoms. The van der Waals surface area contributed by atoms with Gasteiger partial charge in [0.05, 0.1) is 22.8 Å². The van der Waals surface area contributed by atoms with Crippen LogP contribution in [0.3, 0.4) is 0 Å². The van der Waals surface area contributed by atoms with E-state index < -0.39 is 0 Å². The molecule has 38 heavy (non-hydrogen) atoms. The molecule has 0 atom stereocenters. The van der Waals surface area contributed by atoms with Crippen LogP contribution >= 0.6 is 0 Å². The van der Waals surface area contributed by atoms with Crippen LogP contribution in [0.5, 0.6) is 0 Å². The van der Waals surface area contributed by atoms with E-state index in [2.05, 4.69) is 36.0 Å². The number of pyridine rings is 6. The first kappa shape index (κ1) is 28.1. The van der Waals surface area contributed by atoms with Gasteiger partial charge in [-0.25, -0.2) is 0 Å². The van der Waals surface area contributed by atoms with Gasteiger partial charge in [0, 0.05) is 36.7 Å². The molecular formula is C31H25N6Ru. The van der Waals surface area contributed by atoms with E-state index in [0.29, 0.717) is 0 Å². The topological polar surface area (TPSA) is 77.3 Å². The molecule has 0 aliphatic heterocycles. The van der Waals surface area contributed by atoms with E-state index in [-0.39, 0.29) is 19.5 Å². The molecule has 1 radical (unpaired) electrons. The summed E-state index contributed by atoms with van der Waals surface area (Å²) < 4.78 is 0. The third-order valence-corrected chi connectivity index (χ3v) is 4.97. The Kier molecular flexibility index (Phi) is 11.5. The second-order valence-corrected chi connectivity index (χ2v) is 7.72. The zero-order valence-corrected chi connectivity index (χ0v) is 22.5. The normalized spacial score (nSPS) is 9.50. The van der Waals surface area contributed by atoms with Gasteiger partial charge in [0.1, 0.15) is 0 Å². The third-order valence-electron chi connectivity index (χ3n) is 4.97. The maximum absolute atomic E-state index is 4.23. The van der Waals surface area contributed by atoms with Gasteiger partial charge in [0.2, 0.25) is 0 Å². The third kappa shape index (κ3) is 8.88. The van der Waals surface area contributed by atoms with Crippen LogP contribution in [-0.4, -0.2) is 29.9 Å². The summed E-state index contributed by atoms with van der Waals surface area (Å²) in [7, 11) is 0. The van der Waals surface area contributed by atoms with Crippen molar-refractivity contribution in [2.75, 3.05) is 0 Å². The zero-order chi connectivity index (χ0) is 25.5. The van der Waals surface area contributed by atoms with Crippen LogP contribution in [0.1, 0.15) is 5.56 Å². The van der Waals surface area contributed by atoms with Crippen LogP contribution in [0.15, 0.2) is 134 Å². The summed E-state index contributed by atoms with van der Waals surface area (Å²) in [5.41, 5.74) is 6.62. The van der Waals surface area contributed by atoms with Crippen LogP contribution in [0.25, 0.3) is 34.2 Å². The molecule has 187 valence electrons. The Morgan fingerprint density at radius 1 is 0.447 bits per heavy atom. The molecule has 7 heteroatoms. The fourth-order valence-corrected chi connectivity index (χ4v) is 3.20. The molecule has 0 saturated carbocycles. The Morgan fingerprint density at radius 3 is 1.21 bits per heavy atom. The largest absolute Gasteiger partial charge is 1.00 e. The van der Waals surface area contributed by atoms with Crippen LogP contribution in [-0.2, 0) is 19.5 Å². The van der Waals surface area contributed by atoms with Crippen molar-refractivity contribution in [3.8, 4) is 34.2 Å². The Balaban J connectivity index is 0.000000156. The fourth-order valence-electron chi connectivity index (χ4n) is 3.20. The molecule has 0 aromatic carbocycles. The first-order valence-corrected chi connectivity index (χ1v) is 11.7. The van der Waals surface area contributed by atoms with Crippen molar-refractivity contribution in [1.82, 2.24) is 29.9 Å². The van der Waals surface area contributed by atoms with Gasteiger partial charge in [0.25, 0.3) is 0 Å². The Hall–Kier alpha value is -4.48. The second kappa shape index (κ2) is 15.6. The van der Waals surface area contributed by atoms with Crippen molar-refractivity contribution in [3.63, 3.8) is 0 Å². The van der Waals surface area contributed by atoms with Crippen molar-refractivity contribution < 1.29 is 19.5 Å². The molecule has 0 N–H and O–H groups in total. The summed E-state index contributed by atoms with van der Waals surface area (Å²) in [6, 6.07) is 33.8.